The van der Waals surface area contributed by atoms with Gasteiger partial charge >= 0.3 is 0 Å². The smallest absolute Gasteiger partial charge is 0.209 e. The SMILES string of the molecule is O=C1C(=Nc2ccc(S(=O)(=O)CCCc3ccc[nH]3)cc2)C(Cl)C(=O)c2ccccc21. The molecule has 1 N–H and O–H groups in total. The predicted molar refractivity (Wildman–Crippen MR) is 119 cm³/mol. The number of alkyl halides is 1. The molecule has 1 heterocycles. The molecular formula is C23H19ClN2O4S. The first kappa shape index (κ1) is 21.2. The fraction of sp³-hybridized carbons (Fsp3) is 0.174. The number of carbonyl (C=O) groups excluding carboxylic acids is 2. The van der Waals surface area contributed by atoms with Gasteiger partial charge in [0.05, 0.1) is 16.3 Å². The molecule has 0 aliphatic heterocycles. The molecule has 0 amide bonds. The van der Waals surface area contributed by atoms with E-state index in [9.17, 15) is 18.0 Å². The minimum atomic E-state index is -3.44. The van der Waals surface area contributed by atoms with Crippen molar-refractivity contribution < 1.29 is 18.0 Å². The number of aliphatic imine (C=N–C) groups is 1. The first-order valence-electron chi connectivity index (χ1n) is 9.72. The summed E-state index contributed by atoms with van der Waals surface area (Å²) in [5.74, 6) is -0.763. The van der Waals surface area contributed by atoms with Crippen LogP contribution < -0.4 is 0 Å². The Balaban J connectivity index is 1.52. The number of sulfone groups is 1. The van der Waals surface area contributed by atoms with Gasteiger partial charge in [0.25, 0.3) is 0 Å². The summed E-state index contributed by atoms with van der Waals surface area (Å²) in [5, 5.41) is -1.18. The van der Waals surface area contributed by atoms with E-state index in [1.54, 1.807) is 30.5 Å². The largest absolute Gasteiger partial charge is 0.365 e. The molecule has 0 saturated heterocycles. The average Bonchev–Trinajstić information content (AvgIpc) is 3.29. The van der Waals surface area contributed by atoms with Gasteiger partial charge in [-0.25, -0.2) is 13.4 Å². The predicted octanol–water partition coefficient (Wildman–Crippen LogP) is 4.18. The Morgan fingerprint density at radius 3 is 2.32 bits per heavy atom. The van der Waals surface area contributed by atoms with Crippen LogP contribution in [0.2, 0.25) is 0 Å². The molecule has 6 nitrogen and oxygen atoms in total. The van der Waals surface area contributed by atoms with Crippen molar-refractivity contribution in [3.63, 3.8) is 0 Å². The Morgan fingerprint density at radius 1 is 0.935 bits per heavy atom. The molecule has 3 aromatic rings. The lowest BCUT2D eigenvalue weighted by Gasteiger charge is -2.19. The van der Waals surface area contributed by atoms with Crippen LogP contribution in [0, 0.1) is 0 Å². The van der Waals surface area contributed by atoms with Gasteiger partial charge in [-0.05, 0) is 49.2 Å². The minimum Gasteiger partial charge on any atom is -0.365 e. The highest BCUT2D eigenvalue weighted by molar-refractivity contribution is 7.91. The van der Waals surface area contributed by atoms with E-state index in [4.69, 9.17) is 11.6 Å². The lowest BCUT2D eigenvalue weighted by molar-refractivity contribution is 0.0968. The zero-order valence-electron chi connectivity index (χ0n) is 16.4. The van der Waals surface area contributed by atoms with E-state index >= 15 is 0 Å². The van der Waals surface area contributed by atoms with Crippen LogP contribution in [0.15, 0.2) is 76.7 Å². The Morgan fingerprint density at radius 2 is 1.65 bits per heavy atom. The number of halogens is 1. The fourth-order valence-electron chi connectivity index (χ4n) is 3.48. The molecule has 1 atom stereocenters. The van der Waals surface area contributed by atoms with Crippen LogP contribution in [0.3, 0.4) is 0 Å². The lowest BCUT2D eigenvalue weighted by Crippen LogP contribution is -2.37. The van der Waals surface area contributed by atoms with Crippen LogP contribution in [0.25, 0.3) is 0 Å². The van der Waals surface area contributed by atoms with Gasteiger partial charge in [0.15, 0.2) is 15.6 Å². The molecule has 0 fully saturated rings. The van der Waals surface area contributed by atoms with E-state index in [1.807, 2.05) is 12.1 Å². The lowest BCUT2D eigenvalue weighted by atomic mass is 9.88. The Labute approximate surface area is 184 Å². The van der Waals surface area contributed by atoms with Crippen molar-refractivity contribution in [3.05, 3.63) is 83.7 Å². The molecule has 0 saturated carbocycles. The molecule has 2 aromatic carbocycles. The second-order valence-electron chi connectivity index (χ2n) is 7.21. The van der Waals surface area contributed by atoms with E-state index in [0.717, 1.165) is 5.69 Å². The number of aromatic amines is 1. The number of H-pyrrole nitrogens is 1. The Bertz CT molecular complexity index is 1260. The molecule has 0 bridgehead atoms. The van der Waals surface area contributed by atoms with Crippen LogP contribution >= 0.6 is 11.6 Å². The van der Waals surface area contributed by atoms with E-state index in [1.165, 1.54) is 24.3 Å². The fourth-order valence-corrected chi connectivity index (χ4v) is 5.05. The summed E-state index contributed by atoms with van der Waals surface area (Å²) >= 11 is 6.21. The number of aromatic nitrogens is 1. The summed E-state index contributed by atoms with van der Waals surface area (Å²) in [4.78, 5) is 32.7. The van der Waals surface area contributed by atoms with Crippen molar-refractivity contribution in [2.45, 2.75) is 23.1 Å². The molecule has 4 rings (SSSR count). The van der Waals surface area contributed by atoms with Crippen LogP contribution in [0.1, 0.15) is 32.8 Å². The van der Waals surface area contributed by atoms with E-state index in [2.05, 4.69) is 9.98 Å². The van der Waals surface area contributed by atoms with Gasteiger partial charge in [-0.3, -0.25) is 9.59 Å². The highest BCUT2D eigenvalue weighted by atomic mass is 35.5. The summed E-state index contributed by atoms with van der Waals surface area (Å²) in [6, 6.07) is 16.2. The van der Waals surface area contributed by atoms with Gasteiger partial charge in [0, 0.05) is 23.0 Å². The molecule has 31 heavy (non-hydrogen) atoms. The highest BCUT2D eigenvalue weighted by Crippen LogP contribution is 2.26. The van der Waals surface area contributed by atoms with E-state index in [-0.39, 0.29) is 33.3 Å². The quantitative estimate of drug-likeness (QED) is 0.565. The molecule has 1 aromatic heterocycles. The van der Waals surface area contributed by atoms with Crippen molar-refractivity contribution in [1.82, 2.24) is 4.98 Å². The second kappa shape index (κ2) is 8.61. The highest BCUT2D eigenvalue weighted by Gasteiger charge is 2.37. The maximum atomic E-state index is 12.8. The first-order chi connectivity index (χ1) is 14.9. The second-order valence-corrected chi connectivity index (χ2v) is 9.76. The van der Waals surface area contributed by atoms with Gasteiger partial charge in [0.2, 0.25) is 5.78 Å². The third-order valence-corrected chi connectivity index (χ3v) is 7.33. The van der Waals surface area contributed by atoms with Crippen molar-refractivity contribution in [2.24, 2.45) is 4.99 Å². The summed E-state index contributed by atoms with van der Waals surface area (Å²) in [6.45, 7) is 0. The summed E-state index contributed by atoms with van der Waals surface area (Å²) in [6.07, 6.45) is 2.95. The maximum Gasteiger partial charge on any atom is 0.209 e. The van der Waals surface area contributed by atoms with Crippen LogP contribution in [0.4, 0.5) is 5.69 Å². The van der Waals surface area contributed by atoms with Gasteiger partial charge in [-0.15, -0.1) is 11.6 Å². The maximum absolute atomic E-state index is 12.8. The number of carbonyl (C=O) groups is 2. The van der Waals surface area contributed by atoms with Gasteiger partial charge in [-0.2, -0.15) is 0 Å². The number of rotatable bonds is 6. The number of nitrogens with one attached hydrogen (secondary N) is 1. The number of ketones is 2. The molecule has 0 radical (unpaired) electrons. The molecule has 1 unspecified atom stereocenters. The Kier molecular flexibility index (Phi) is 5.89. The number of hydrogen-bond donors (Lipinski definition) is 1. The third-order valence-electron chi connectivity index (χ3n) is 5.11. The normalized spacial score (nSPS) is 17.7. The van der Waals surface area contributed by atoms with E-state index in [0.29, 0.717) is 18.5 Å². The number of Topliss-reactive ketones (excluding diaryl/α,β-unsaturated/α-hetero) is 2. The molecule has 0 spiro atoms. The van der Waals surface area contributed by atoms with Crippen molar-refractivity contribution in [2.75, 3.05) is 5.75 Å². The number of aryl methyl sites for hydroxylation is 1. The van der Waals surface area contributed by atoms with Gasteiger partial charge in [0.1, 0.15) is 11.1 Å². The molecular weight excluding hydrogens is 436 g/mol. The zero-order chi connectivity index (χ0) is 22.0. The van der Waals surface area contributed by atoms with Crippen LogP contribution in [0.5, 0.6) is 0 Å². The molecule has 8 heteroatoms. The minimum absolute atomic E-state index is 0.0212. The standard InChI is InChI=1S/C23H19ClN2O4S/c24-20-21(23(28)19-8-2-1-7-18(19)22(20)27)26-16-9-11-17(12-10-16)31(29,30)14-4-6-15-5-3-13-25-15/h1-3,5,7-13,20,25H,4,6,14H2. The summed E-state index contributed by atoms with van der Waals surface area (Å²) in [7, 11) is -3.44. The zero-order valence-corrected chi connectivity index (χ0v) is 18.0. The molecule has 1 aliphatic rings. The van der Waals surface area contributed by atoms with Crippen LogP contribution in [-0.4, -0.2) is 41.8 Å². The van der Waals surface area contributed by atoms with E-state index < -0.39 is 21.0 Å². The monoisotopic (exact) mass is 454 g/mol. The molecule has 158 valence electrons. The third kappa shape index (κ3) is 4.38. The first-order valence-corrected chi connectivity index (χ1v) is 11.8. The number of fused-ring (bicyclic) bond motifs is 1. The summed E-state index contributed by atoms with van der Waals surface area (Å²) < 4.78 is 25.2. The van der Waals surface area contributed by atoms with Crippen LogP contribution in [-0.2, 0) is 16.3 Å². The van der Waals surface area contributed by atoms with Crippen molar-refractivity contribution >= 4 is 44.4 Å². The Hall–Kier alpha value is -3.03. The number of nitrogens with zero attached hydrogens (tertiary/aromatic N) is 1. The number of benzene rings is 2. The average molecular weight is 455 g/mol. The molecule has 1 aliphatic carbocycles. The topological polar surface area (TPSA) is 96.4 Å². The number of hydrogen-bond acceptors (Lipinski definition) is 5. The summed E-state index contributed by atoms with van der Waals surface area (Å²) in [5.41, 5.74) is 1.83. The van der Waals surface area contributed by atoms with Gasteiger partial charge < -0.3 is 4.98 Å². The van der Waals surface area contributed by atoms with Gasteiger partial charge in [-0.1, -0.05) is 24.3 Å². The van der Waals surface area contributed by atoms with Crippen molar-refractivity contribution in [3.8, 4) is 0 Å². The van der Waals surface area contributed by atoms with Crippen molar-refractivity contribution in [1.29, 1.82) is 0 Å².